The molecular formula is C16H27BrN2OS. The van der Waals surface area contributed by atoms with Crippen LogP contribution in [0.5, 0.6) is 0 Å². The minimum Gasteiger partial charge on any atom is -0.379 e. The van der Waals surface area contributed by atoms with Gasteiger partial charge in [0.25, 0.3) is 0 Å². The van der Waals surface area contributed by atoms with E-state index >= 15 is 0 Å². The van der Waals surface area contributed by atoms with Crippen LogP contribution in [0.3, 0.4) is 0 Å². The van der Waals surface area contributed by atoms with Gasteiger partial charge in [-0.05, 0) is 53.2 Å². The molecule has 1 fully saturated rings. The number of halogens is 1. The third kappa shape index (κ3) is 3.88. The molecule has 1 saturated heterocycles. The molecule has 3 nitrogen and oxygen atoms in total. The van der Waals surface area contributed by atoms with E-state index in [1.165, 1.54) is 10.0 Å². The fourth-order valence-corrected chi connectivity index (χ4v) is 4.69. The zero-order valence-electron chi connectivity index (χ0n) is 13.3. The molecule has 2 rings (SSSR count). The molecule has 1 aromatic rings. The maximum Gasteiger partial charge on any atom is 0.0594 e. The third-order valence-electron chi connectivity index (χ3n) is 4.62. The summed E-state index contributed by atoms with van der Waals surface area (Å²) in [5.41, 5.74) is 1.51. The van der Waals surface area contributed by atoms with Crippen LogP contribution in [0, 0.1) is 0 Å². The Labute approximate surface area is 141 Å². The van der Waals surface area contributed by atoms with Gasteiger partial charge in [0.05, 0.1) is 19.3 Å². The SMILES string of the molecule is CCCNC(c1cscc1Br)C(C)(CC)N1CCOCC1. The van der Waals surface area contributed by atoms with E-state index in [1.54, 1.807) is 11.3 Å². The highest BCUT2D eigenvalue weighted by molar-refractivity contribution is 9.10. The highest BCUT2D eigenvalue weighted by atomic mass is 79.9. The summed E-state index contributed by atoms with van der Waals surface area (Å²) >= 11 is 5.50. The van der Waals surface area contributed by atoms with E-state index in [2.05, 4.69) is 57.7 Å². The van der Waals surface area contributed by atoms with Gasteiger partial charge in [-0.2, -0.15) is 11.3 Å². The number of hydrogen-bond acceptors (Lipinski definition) is 4. The lowest BCUT2D eigenvalue weighted by molar-refractivity contribution is -0.0329. The van der Waals surface area contributed by atoms with Crippen LogP contribution < -0.4 is 5.32 Å². The number of thiophene rings is 1. The van der Waals surface area contributed by atoms with Crippen molar-refractivity contribution in [1.29, 1.82) is 0 Å². The van der Waals surface area contributed by atoms with Crippen molar-refractivity contribution in [1.82, 2.24) is 10.2 Å². The summed E-state index contributed by atoms with van der Waals surface area (Å²) in [5.74, 6) is 0. The fraction of sp³-hybridized carbons (Fsp3) is 0.750. The summed E-state index contributed by atoms with van der Waals surface area (Å²) in [7, 11) is 0. The Bertz CT molecular complexity index is 434. The molecule has 0 bridgehead atoms. The van der Waals surface area contributed by atoms with Crippen molar-refractivity contribution in [2.75, 3.05) is 32.8 Å². The van der Waals surface area contributed by atoms with Gasteiger partial charge in [0.1, 0.15) is 0 Å². The van der Waals surface area contributed by atoms with Gasteiger partial charge < -0.3 is 10.1 Å². The van der Waals surface area contributed by atoms with Crippen molar-refractivity contribution in [3.63, 3.8) is 0 Å². The van der Waals surface area contributed by atoms with Gasteiger partial charge in [0.2, 0.25) is 0 Å². The monoisotopic (exact) mass is 374 g/mol. The van der Waals surface area contributed by atoms with E-state index in [4.69, 9.17) is 4.74 Å². The molecule has 0 spiro atoms. The van der Waals surface area contributed by atoms with Crippen molar-refractivity contribution in [2.45, 2.75) is 45.2 Å². The van der Waals surface area contributed by atoms with Crippen molar-refractivity contribution < 1.29 is 4.74 Å². The fourth-order valence-electron chi connectivity index (χ4n) is 3.14. The van der Waals surface area contributed by atoms with Crippen LogP contribution in [0.2, 0.25) is 0 Å². The topological polar surface area (TPSA) is 24.5 Å². The molecule has 21 heavy (non-hydrogen) atoms. The molecule has 2 unspecified atom stereocenters. The Kier molecular flexibility index (Phi) is 6.69. The Morgan fingerprint density at radius 1 is 1.38 bits per heavy atom. The third-order valence-corrected chi connectivity index (χ3v) is 6.37. The van der Waals surface area contributed by atoms with E-state index < -0.39 is 0 Å². The minimum atomic E-state index is 0.114. The molecule has 120 valence electrons. The molecule has 1 N–H and O–H groups in total. The first-order chi connectivity index (χ1) is 10.1. The van der Waals surface area contributed by atoms with E-state index in [9.17, 15) is 0 Å². The van der Waals surface area contributed by atoms with Crippen LogP contribution in [0.4, 0.5) is 0 Å². The molecule has 2 atom stereocenters. The lowest BCUT2D eigenvalue weighted by Crippen LogP contribution is -2.57. The highest BCUT2D eigenvalue weighted by Crippen LogP contribution is 2.39. The smallest absolute Gasteiger partial charge is 0.0594 e. The highest BCUT2D eigenvalue weighted by Gasteiger charge is 2.40. The van der Waals surface area contributed by atoms with E-state index in [0.717, 1.165) is 45.7 Å². The predicted octanol–water partition coefficient (Wildman–Crippen LogP) is 4.05. The maximum atomic E-state index is 5.55. The Morgan fingerprint density at radius 2 is 2.10 bits per heavy atom. The molecule has 0 aliphatic carbocycles. The standard InChI is InChI=1S/C16H27BrN2OS/c1-4-6-18-15(13-11-21-12-14(13)17)16(3,5-2)19-7-9-20-10-8-19/h11-12,15,18H,4-10H2,1-3H3. The first kappa shape index (κ1) is 17.4. The number of rotatable bonds is 7. The van der Waals surface area contributed by atoms with Gasteiger partial charge in [0.15, 0.2) is 0 Å². The molecular weight excluding hydrogens is 348 g/mol. The first-order valence-electron chi connectivity index (χ1n) is 7.91. The zero-order chi connectivity index (χ0) is 15.3. The largest absolute Gasteiger partial charge is 0.379 e. The summed E-state index contributed by atoms with van der Waals surface area (Å²) in [6.07, 6.45) is 2.28. The van der Waals surface area contributed by atoms with Gasteiger partial charge in [-0.15, -0.1) is 0 Å². The molecule has 1 aliphatic heterocycles. The quantitative estimate of drug-likeness (QED) is 0.778. The maximum absolute atomic E-state index is 5.55. The van der Waals surface area contributed by atoms with Crippen LogP contribution in [0.15, 0.2) is 15.2 Å². The second kappa shape index (κ2) is 8.06. The van der Waals surface area contributed by atoms with Crippen molar-refractivity contribution >= 4 is 27.3 Å². The van der Waals surface area contributed by atoms with Gasteiger partial charge in [-0.25, -0.2) is 0 Å². The lowest BCUT2D eigenvalue weighted by atomic mass is 9.83. The Hall–Kier alpha value is 0.0600. The average Bonchev–Trinajstić information content (AvgIpc) is 2.94. The number of morpholine rings is 1. The number of hydrogen-bond donors (Lipinski definition) is 1. The first-order valence-corrected chi connectivity index (χ1v) is 9.64. The van der Waals surface area contributed by atoms with Crippen LogP contribution in [-0.4, -0.2) is 43.3 Å². The second-order valence-electron chi connectivity index (χ2n) is 5.87. The molecule has 2 heterocycles. The van der Waals surface area contributed by atoms with Gasteiger partial charge in [-0.3, -0.25) is 4.90 Å². The molecule has 1 aromatic heterocycles. The van der Waals surface area contributed by atoms with Crippen LogP contribution in [0.1, 0.15) is 45.2 Å². The van der Waals surface area contributed by atoms with Crippen molar-refractivity contribution in [3.05, 3.63) is 20.8 Å². The number of nitrogens with one attached hydrogen (secondary N) is 1. The number of ether oxygens (including phenoxy) is 1. The summed E-state index contributed by atoms with van der Waals surface area (Å²) in [4.78, 5) is 2.61. The zero-order valence-corrected chi connectivity index (χ0v) is 15.7. The van der Waals surface area contributed by atoms with Gasteiger partial charge in [-0.1, -0.05) is 13.8 Å². The Morgan fingerprint density at radius 3 is 2.62 bits per heavy atom. The van der Waals surface area contributed by atoms with Crippen LogP contribution in [0.25, 0.3) is 0 Å². The van der Waals surface area contributed by atoms with Crippen LogP contribution in [-0.2, 0) is 4.74 Å². The molecule has 5 heteroatoms. The summed E-state index contributed by atoms with van der Waals surface area (Å²) in [6, 6.07) is 0.348. The van der Waals surface area contributed by atoms with Gasteiger partial charge in [0, 0.05) is 28.5 Å². The summed E-state index contributed by atoms with van der Waals surface area (Å²) < 4.78 is 6.78. The van der Waals surface area contributed by atoms with Gasteiger partial charge >= 0.3 is 0 Å². The second-order valence-corrected chi connectivity index (χ2v) is 7.47. The van der Waals surface area contributed by atoms with E-state index in [0.29, 0.717) is 6.04 Å². The molecule has 1 aliphatic rings. The van der Waals surface area contributed by atoms with E-state index in [-0.39, 0.29) is 5.54 Å². The molecule has 0 radical (unpaired) electrons. The molecule has 0 aromatic carbocycles. The normalized spacial score (nSPS) is 21.1. The predicted molar refractivity (Wildman–Crippen MR) is 94.1 cm³/mol. The Balaban J connectivity index is 2.29. The van der Waals surface area contributed by atoms with Crippen LogP contribution >= 0.6 is 27.3 Å². The van der Waals surface area contributed by atoms with Crippen molar-refractivity contribution in [2.24, 2.45) is 0 Å². The van der Waals surface area contributed by atoms with Crippen molar-refractivity contribution in [3.8, 4) is 0 Å². The number of nitrogens with zero attached hydrogens (tertiary/aromatic N) is 1. The summed E-state index contributed by atoms with van der Waals surface area (Å²) in [6.45, 7) is 11.7. The summed E-state index contributed by atoms with van der Waals surface area (Å²) in [5, 5.41) is 8.27. The van der Waals surface area contributed by atoms with E-state index in [1.807, 2.05) is 0 Å². The molecule has 0 amide bonds. The minimum absolute atomic E-state index is 0.114. The molecule has 0 saturated carbocycles. The average molecular weight is 375 g/mol. The lowest BCUT2D eigenvalue weighted by Gasteiger charge is -2.48.